The van der Waals surface area contributed by atoms with Crippen molar-refractivity contribution in [1.82, 2.24) is 0 Å². The van der Waals surface area contributed by atoms with Crippen LogP contribution in [0.25, 0.3) is 0 Å². The lowest BCUT2D eigenvalue weighted by Gasteiger charge is -2.10. The molecule has 0 aliphatic heterocycles. The van der Waals surface area contributed by atoms with Crippen molar-refractivity contribution in [2.75, 3.05) is 0 Å². The van der Waals surface area contributed by atoms with Crippen LogP contribution in [-0.2, 0) is 12.8 Å². The lowest BCUT2D eigenvalue weighted by molar-refractivity contribution is 0.582. The first-order chi connectivity index (χ1) is 9.06. The lowest BCUT2D eigenvalue weighted by Crippen LogP contribution is -1.97. The van der Waals surface area contributed by atoms with Crippen LogP contribution in [-0.4, -0.2) is 0 Å². The van der Waals surface area contributed by atoms with Gasteiger partial charge >= 0.3 is 0 Å². The minimum Gasteiger partial charge on any atom is -0.207 e. The highest BCUT2D eigenvalue weighted by Gasteiger charge is 2.23. The fraction of sp³-hybridized carbons (Fsp3) is 0.286. The van der Waals surface area contributed by atoms with Crippen molar-refractivity contribution in [3.8, 4) is 0 Å². The molecule has 0 fully saturated rings. The molecule has 1 aromatic carbocycles. The largest absolute Gasteiger partial charge is 0.207 e. The molecule has 1 heterocycles. The fourth-order valence-corrected chi connectivity index (χ4v) is 4.30. The Balaban J connectivity index is 1.99. The van der Waals surface area contributed by atoms with Crippen molar-refractivity contribution in [1.29, 1.82) is 0 Å². The molecule has 1 aliphatic carbocycles. The summed E-state index contributed by atoms with van der Waals surface area (Å²) >= 11 is 10.9. The summed E-state index contributed by atoms with van der Waals surface area (Å²) < 4.78 is 27.5. The molecule has 100 valence electrons. The molecule has 5 heteroatoms. The number of alkyl halides is 1. The molecule has 1 unspecified atom stereocenters. The van der Waals surface area contributed by atoms with E-state index in [2.05, 4.69) is 15.9 Å². The normalized spacial score (nSPS) is 15.6. The molecular formula is C14H10BrClF2S. The van der Waals surface area contributed by atoms with Crippen molar-refractivity contribution in [2.24, 2.45) is 0 Å². The van der Waals surface area contributed by atoms with E-state index in [9.17, 15) is 8.78 Å². The number of hydrogen-bond acceptors (Lipinski definition) is 1. The molecule has 3 rings (SSSR count). The van der Waals surface area contributed by atoms with Crippen LogP contribution in [0.15, 0.2) is 22.7 Å². The Morgan fingerprint density at radius 1 is 1.16 bits per heavy atom. The van der Waals surface area contributed by atoms with Gasteiger partial charge in [0, 0.05) is 15.3 Å². The molecule has 0 radical (unpaired) electrons. The summed E-state index contributed by atoms with van der Waals surface area (Å²) in [6.07, 6.45) is 3.31. The quantitative estimate of drug-likeness (QED) is 0.481. The zero-order valence-electron chi connectivity index (χ0n) is 9.85. The first-order valence-electron chi connectivity index (χ1n) is 5.96. The van der Waals surface area contributed by atoms with Crippen LogP contribution in [0.1, 0.15) is 32.7 Å². The zero-order chi connectivity index (χ0) is 13.6. The maximum Gasteiger partial charge on any atom is 0.137 e. The van der Waals surface area contributed by atoms with E-state index in [1.807, 2.05) is 6.07 Å². The number of hydrogen-bond donors (Lipinski definition) is 0. The Morgan fingerprint density at radius 3 is 2.68 bits per heavy atom. The Labute approximate surface area is 127 Å². The average Bonchev–Trinajstić information content (AvgIpc) is 2.93. The number of fused-ring (bicyclic) bond motifs is 1. The van der Waals surface area contributed by atoms with E-state index in [0.29, 0.717) is 0 Å². The van der Waals surface area contributed by atoms with Gasteiger partial charge in [0.1, 0.15) is 11.6 Å². The molecule has 1 aromatic heterocycles. The van der Waals surface area contributed by atoms with Crippen LogP contribution in [0.3, 0.4) is 0 Å². The number of thiophene rings is 1. The zero-order valence-corrected chi connectivity index (χ0v) is 13.0. The van der Waals surface area contributed by atoms with Crippen molar-refractivity contribution in [3.05, 3.63) is 55.2 Å². The Bertz CT molecular complexity index is 617. The van der Waals surface area contributed by atoms with Gasteiger partial charge in [0.15, 0.2) is 0 Å². The van der Waals surface area contributed by atoms with Crippen molar-refractivity contribution in [3.63, 3.8) is 0 Å². The van der Waals surface area contributed by atoms with E-state index < -0.39 is 17.0 Å². The molecule has 0 bridgehead atoms. The summed E-state index contributed by atoms with van der Waals surface area (Å²) in [5.74, 6) is -0.979. The van der Waals surface area contributed by atoms with E-state index in [1.54, 1.807) is 11.3 Å². The van der Waals surface area contributed by atoms with Crippen molar-refractivity contribution < 1.29 is 8.78 Å². The second-order valence-electron chi connectivity index (χ2n) is 4.60. The smallest absolute Gasteiger partial charge is 0.137 e. The molecule has 0 N–H and O–H groups in total. The predicted molar refractivity (Wildman–Crippen MR) is 78.1 cm³/mol. The summed E-state index contributed by atoms with van der Waals surface area (Å²) in [6.45, 7) is 0. The predicted octanol–water partition coefficient (Wildman–Crippen LogP) is 5.61. The first kappa shape index (κ1) is 13.5. The first-order valence-corrected chi connectivity index (χ1v) is 8.01. The van der Waals surface area contributed by atoms with Gasteiger partial charge in [-0.05, 0) is 59.0 Å². The highest BCUT2D eigenvalue weighted by Crippen LogP contribution is 2.40. The van der Waals surface area contributed by atoms with E-state index in [0.717, 1.165) is 23.8 Å². The number of halogens is 4. The Hall–Kier alpha value is -0.450. The topological polar surface area (TPSA) is 0 Å². The maximum atomic E-state index is 13.9. The molecule has 1 atom stereocenters. The molecule has 2 aromatic rings. The van der Waals surface area contributed by atoms with Crippen LogP contribution in [0.5, 0.6) is 0 Å². The Kier molecular flexibility index (Phi) is 3.67. The van der Waals surface area contributed by atoms with Gasteiger partial charge in [0.05, 0.1) is 9.85 Å². The van der Waals surface area contributed by atoms with Gasteiger partial charge in [0.2, 0.25) is 0 Å². The van der Waals surface area contributed by atoms with Gasteiger partial charge in [-0.15, -0.1) is 22.9 Å². The van der Waals surface area contributed by atoms with E-state index >= 15 is 0 Å². The summed E-state index contributed by atoms with van der Waals surface area (Å²) in [5.41, 5.74) is 1.51. The van der Waals surface area contributed by atoms with Crippen LogP contribution < -0.4 is 0 Å². The maximum absolute atomic E-state index is 13.9. The standard InChI is InChI=1S/C14H10BrClF2S/c15-9-6-10(17)8(5-11(9)18)14(16)13-4-7-2-1-3-12(7)19-13/h4-6,14H,1-3H2. The van der Waals surface area contributed by atoms with E-state index in [1.165, 1.54) is 22.9 Å². The van der Waals surface area contributed by atoms with E-state index in [-0.39, 0.29) is 10.0 Å². The molecular weight excluding hydrogens is 354 g/mol. The van der Waals surface area contributed by atoms with Crippen molar-refractivity contribution in [2.45, 2.75) is 24.6 Å². The molecule has 0 nitrogen and oxygen atoms in total. The average molecular weight is 364 g/mol. The molecule has 0 spiro atoms. The third-order valence-electron chi connectivity index (χ3n) is 3.33. The summed E-state index contributed by atoms with van der Waals surface area (Å²) in [6, 6.07) is 4.33. The molecule has 19 heavy (non-hydrogen) atoms. The van der Waals surface area contributed by atoms with Crippen LogP contribution in [0.4, 0.5) is 8.78 Å². The van der Waals surface area contributed by atoms with Crippen LogP contribution >= 0.6 is 38.9 Å². The molecule has 1 aliphatic rings. The van der Waals surface area contributed by atoms with Gasteiger partial charge in [-0.2, -0.15) is 0 Å². The number of rotatable bonds is 2. The molecule has 0 saturated heterocycles. The van der Waals surface area contributed by atoms with Gasteiger partial charge in [-0.25, -0.2) is 8.78 Å². The van der Waals surface area contributed by atoms with Crippen LogP contribution in [0.2, 0.25) is 0 Å². The van der Waals surface area contributed by atoms with Crippen molar-refractivity contribution >= 4 is 38.9 Å². The fourth-order valence-electron chi connectivity index (χ4n) is 2.36. The summed E-state index contributed by atoms with van der Waals surface area (Å²) in [5, 5.41) is -0.627. The highest BCUT2D eigenvalue weighted by atomic mass is 79.9. The van der Waals surface area contributed by atoms with Gasteiger partial charge in [-0.1, -0.05) is 0 Å². The minimum atomic E-state index is -0.627. The Morgan fingerprint density at radius 2 is 1.95 bits per heavy atom. The minimum absolute atomic E-state index is 0.117. The third-order valence-corrected chi connectivity index (χ3v) is 5.84. The number of benzene rings is 1. The highest BCUT2D eigenvalue weighted by molar-refractivity contribution is 9.10. The van der Waals surface area contributed by atoms with Gasteiger partial charge in [-0.3, -0.25) is 0 Å². The van der Waals surface area contributed by atoms with Gasteiger partial charge < -0.3 is 0 Å². The lowest BCUT2D eigenvalue weighted by atomic mass is 10.1. The molecule has 0 amide bonds. The third kappa shape index (κ3) is 2.46. The second kappa shape index (κ2) is 5.15. The number of aryl methyl sites for hydroxylation is 2. The van der Waals surface area contributed by atoms with Crippen LogP contribution in [0, 0.1) is 11.6 Å². The summed E-state index contributed by atoms with van der Waals surface area (Å²) in [7, 11) is 0. The SMILES string of the molecule is Fc1cc(C(Cl)c2cc3c(s2)CCC3)c(F)cc1Br. The second-order valence-corrected chi connectivity index (χ2v) is 7.06. The van der Waals surface area contributed by atoms with E-state index in [4.69, 9.17) is 11.6 Å². The van der Waals surface area contributed by atoms with Gasteiger partial charge in [0.25, 0.3) is 0 Å². The monoisotopic (exact) mass is 362 g/mol. The summed E-state index contributed by atoms with van der Waals surface area (Å²) in [4.78, 5) is 2.23. The molecule has 0 saturated carbocycles.